The Morgan fingerprint density at radius 1 is 0.359 bits per heavy atom. The first-order valence-electron chi connectivity index (χ1n) is 24.1. The van der Waals surface area contributed by atoms with Crippen molar-refractivity contribution in [1.29, 1.82) is 0 Å². The molecule has 0 bridgehead atoms. The molecule has 1 unspecified atom stereocenters. The molecular weight excluding hydrogens is 793 g/mol. The third kappa shape index (κ3) is 5.38. The molecule has 10 aromatic carbocycles. The van der Waals surface area contributed by atoms with Gasteiger partial charge in [0.2, 0.25) is 0 Å². The predicted molar refractivity (Wildman–Crippen MR) is 270 cm³/mol. The zero-order valence-corrected chi connectivity index (χ0v) is 35.3. The molecule has 1 aromatic heterocycles. The summed E-state index contributed by atoms with van der Waals surface area (Å²) in [4.78, 5) is 4.58. The maximum absolute atomic E-state index is 9.22. The largest absolute Gasteiger partial charge is 0.310 e. The Bertz CT molecular complexity index is 3810. The zero-order valence-electron chi connectivity index (χ0n) is 39.5. The van der Waals surface area contributed by atoms with Crippen molar-refractivity contribution in [3.63, 3.8) is 0 Å². The van der Waals surface area contributed by atoms with Gasteiger partial charge in [-0.2, -0.15) is 0 Å². The molecule has 0 radical (unpaired) electrons. The second-order valence-electron chi connectivity index (χ2n) is 16.4. The maximum Gasteiger partial charge on any atom is 0.0727 e. The van der Waals surface area contributed by atoms with Crippen LogP contribution in [0.5, 0.6) is 0 Å². The highest BCUT2D eigenvalue weighted by Gasteiger charge is 2.52. The second-order valence-corrected chi connectivity index (χ2v) is 17.5. The molecule has 64 heavy (non-hydrogen) atoms. The second kappa shape index (κ2) is 14.6. The molecule has 2 aliphatic rings. The van der Waals surface area contributed by atoms with Crippen LogP contribution >= 0.6 is 11.3 Å². The smallest absolute Gasteiger partial charge is 0.0727 e. The van der Waals surface area contributed by atoms with Crippen molar-refractivity contribution in [2.24, 2.45) is 0 Å². The Balaban J connectivity index is 1.12. The van der Waals surface area contributed by atoms with Crippen LogP contribution in [0.1, 0.15) is 29.1 Å². The number of fused-ring (bicyclic) bond motifs is 13. The van der Waals surface area contributed by atoms with E-state index in [-0.39, 0.29) is 29.7 Å². The molecule has 1 spiro atoms. The molecule has 13 rings (SSSR count). The lowest BCUT2D eigenvalue weighted by atomic mass is 9.70. The fourth-order valence-electron chi connectivity index (χ4n) is 10.6. The lowest BCUT2D eigenvalue weighted by molar-refractivity contribution is 0.793. The summed E-state index contributed by atoms with van der Waals surface area (Å²) < 4.78 is 46.7. The van der Waals surface area contributed by atoms with E-state index >= 15 is 0 Å². The first-order valence-corrected chi connectivity index (χ1v) is 22.4. The molecule has 1 heterocycles. The highest BCUT2D eigenvalue weighted by atomic mass is 32.1. The lowest BCUT2D eigenvalue weighted by Crippen LogP contribution is -2.26. The van der Waals surface area contributed by atoms with E-state index in [0.29, 0.717) is 11.3 Å². The fourth-order valence-corrected chi connectivity index (χ4v) is 11.7. The summed E-state index contributed by atoms with van der Waals surface area (Å²) in [6, 6.07) is 73.5. The van der Waals surface area contributed by atoms with Crippen molar-refractivity contribution < 1.29 is 6.85 Å². The molecule has 11 aromatic rings. The number of thiophene rings is 1. The fraction of sp³-hybridized carbons (Fsp3) is 0.0164. The SMILES string of the molecule is [2H]c1c([2H])c([2H])c(-c2ccccc2N(c2ccc3c(c2)C2(c4ccccc4-c4ccc(N(c5ccccc5)c5ccccc5)cc42)c2ccccc2-3)c2cccc3sc4ccccc4c23)c([2H])c1[2H]. The predicted octanol–water partition coefficient (Wildman–Crippen LogP) is 17.0. The minimum absolute atomic E-state index is 0.154. The summed E-state index contributed by atoms with van der Waals surface area (Å²) in [5.74, 6) is 0. The van der Waals surface area contributed by atoms with Crippen molar-refractivity contribution in [1.82, 2.24) is 0 Å². The molecule has 0 fully saturated rings. The number of para-hydroxylation sites is 3. The standard InChI is InChI=1S/C61H40N2S/c1-4-19-41(20-5-1)46-25-12-16-31-56(46)63(57-32-18-34-59-60(57)51-28-13-17-33-58(51)64-59)45-36-38-50-48-27-11-15-30-53(48)61(55(50)40-45)52-29-14-10-26-47(52)49-37-35-44(39-54(49)61)62(42-21-6-2-7-22-42)43-23-8-3-9-24-43/h1-40H/i1D,4D,5D,19D,20D. The van der Waals surface area contributed by atoms with Gasteiger partial charge in [-0.3, -0.25) is 0 Å². The van der Waals surface area contributed by atoms with E-state index in [0.717, 1.165) is 59.7 Å². The average molecular weight is 838 g/mol. The van der Waals surface area contributed by atoms with Gasteiger partial charge in [0.05, 0.1) is 23.6 Å². The molecular formula is C61H40N2S. The molecule has 0 saturated carbocycles. The van der Waals surface area contributed by atoms with Crippen LogP contribution in [0.25, 0.3) is 53.6 Å². The van der Waals surface area contributed by atoms with Crippen molar-refractivity contribution >= 4 is 65.6 Å². The summed E-state index contributed by atoms with van der Waals surface area (Å²) >= 11 is 1.75. The summed E-state index contributed by atoms with van der Waals surface area (Å²) in [6.45, 7) is 0. The first kappa shape index (κ1) is 31.8. The van der Waals surface area contributed by atoms with Crippen LogP contribution in [0, 0.1) is 0 Å². The third-order valence-electron chi connectivity index (χ3n) is 13.1. The Kier molecular flexibility index (Phi) is 7.23. The van der Waals surface area contributed by atoms with Crippen LogP contribution < -0.4 is 9.80 Å². The zero-order chi connectivity index (χ0) is 46.5. The van der Waals surface area contributed by atoms with Crippen LogP contribution in [0.4, 0.5) is 34.1 Å². The number of hydrogen-bond acceptors (Lipinski definition) is 3. The monoisotopic (exact) mass is 837 g/mol. The van der Waals surface area contributed by atoms with E-state index in [1.807, 2.05) is 24.3 Å². The van der Waals surface area contributed by atoms with E-state index in [2.05, 4.69) is 198 Å². The van der Waals surface area contributed by atoms with Crippen LogP contribution in [-0.2, 0) is 5.41 Å². The molecule has 0 amide bonds. The van der Waals surface area contributed by atoms with Gasteiger partial charge >= 0.3 is 0 Å². The van der Waals surface area contributed by atoms with Crippen LogP contribution in [0.3, 0.4) is 0 Å². The van der Waals surface area contributed by atoms with Crippen LogP contribution in [0.2, 0.25) is 0 Å². The highest BCUT2D eigenvalue weighted by Crippen LogP contribution is 2.64. The van der Waals surface area contributed by atoms with Crippen molar-refractivity contribution in [2.45, 2.75) is 5.41 Å². The van der Waals surface area contributed by atoms with Gasteiger partial charge in [0.15, 0.2) is 0 Å². The van der Waals surface area contributed by atoms with Crippen molar-refractivity contribution in [3.8, 4) is 33.4 Å². The van der Waals surface area contributed by atoms with E-state index in [4.69, 9.17) is 4.11 Å². The van der Waals surface area contributed by atoms with E-state index in [9.17, 15) is 2.74 Å². The minimum atomic E-state index is -0.720. The number of rotatable bonds is 7. The molecule has 0 saturated heterocycles. The molecule has 1 atom stereocenters. The topological polar surface area (TPSA) is 6.48 Å². The summed E-state index contributed by atoms with van der Waals surface area (Å²) in [5.41, 5.74) is 15.1. The third-order valence-corrected chi connectivity index (χ3v) is 14.3. The minimum Gasteiger partial charge on any atom is -0.310 e. The normalized spacial score (nSPS) is 15.4. The average Bonchev–Trinajstić information content (AvgIpc) is 4.03. The van der Waals surface area contributed by atoms with E-state index < -0.39 is 11.5 Å². The lowest BCUT2D eigenvalue weighted by Gasteiger charge is -2.34. The summed E-state index contributed by atoms with van der Waals surface area (Å²) in [7, 11) is 0. The summed E-state index contributed by atoms with van der Waals surface area (Å²) in [6.07, 6.45) is 0. The van der Waals surface area contributed by atoms with Gasteiger partial charge in [0, 0.05) is 48.5 Å². The molecule has 2 aliphatic carbocycles. The molecule has 0 aliphatic heterocycles. The Hall–Kier alpha value is -7.98. The van der Waals surface area contributed by atoms with Crippen LogP contribution in [-0.4, -0.2) is 0 Å². The van der Waals surface area contributed by atoms with Crippen molar-refractivity contribution in [3.05, 3.63) is 265 Å². The quantitative estimate of drug-likeness (QED) is 0.158. The first-order chi connectivity index (χ1) is 33.8. The molecule has 300 valence electrons. The van der Waals surface area contributed by atoms with Crippen LogP contribution in [0.15, 0.2) is 243 Å². The molecule has 3 heteroatoms. The van der Waals surface area contributed by atoms with Gasteiger partial charge in [0.1, 0.15) is 0 Å². The van der Waals surface area contributed by atoms with Gasteiger partial charge in [-0.05, 0) is 123 Å². The summed E-state index contributed by atoms with van der Waals surface area (Å²) in [5, 5.41) is 2.20. The van der Waals surface area contributed by atoms with Gasteiger partial charge in [0.25, 0.3) is 0 Å². The Morgan fingerprint density at radius 3 is 1.52 bits per heavy atom. The number of benzene rings is 10. The van der Waals surface area contributed by atoms with Gasteiger partial charge in [-0.25, -0.2) is 0 Å². The van der Waals surface area contributed by atoms with Gasteiger partial charge < -0.3 is 9.80 Å². The Morgan fingerprint density at radius 2 is 0.859 bits per heavy atom. The number of hydrogen-bond donors (Lipinski definition) is 0. The molecule has 0 N–H and O–H groups in total. The van der Waals surface area contributed by atoms with Gasteiger partial charge in [-0.15, -0.1) is 11.3 Å². The number of anilines is 6. The molecule has 2 nitrogen and oxygen atoms in total. The van der Waals surface area contributed by atoms with E-state index in [1.165, 1.54) is 33.4 Å². The number of nitrogens with zero attached hydrogens (tertiary/aromatic N) is 2. The Labute approximate surface area is 384 Å². The van der Waals surface area contributed by atoms with Crippen molar-refractivity contribution in [2.75, 3.05) is 9.80 Å². The maximum atomic E-state index is 9.22. The van der Waals surface area contributed by atoms with E-state index in [1.54, 1.807) is 11.3 Å². The highest BCUT2D eigenvalue weighted by molar-refractivity contribution is 7.26. The van der Waals surface area contributed by atoms with Gasteiger partial charge in [-0.1, -0.05) is 170 Å².